The second-order valence-corrected chi connectivity index (χ2v) is 8.68. The Bertz CT molecular complexity index is 761. The largest absolute Gasteiger partial charge is 0.490 e. The average Bonchev–Trinajstić information content (AvgIpc) is 2.53. The molecule has 6 heteroatoms. The highest BCUT2D eigenvalue weighted by Gasteiger charge is 2.45. The van der Waals surface area contributed by atoms with Gasteiger partial charge in [0.2, 0.25) is 0 Å². The van der Waals surface area contributed by atoms with Gasteiger partial charge in [0.1, 0.15) is 17.1 Å². The van der Waals surface area contributed by atoms with Crippen molar-refractivity contribution in [1.29, 1.82) is 0 Å². The van der Waals surface area contributed by atoms with E-state index in [0.717, 1.165) is 19.4 Å². The minimum absolute atomic E-state index is 0.117. The molecule has 1 heterocycles. The number of Topliss-reactive ketones (excluding diaryl/α,β-unsaturated/α-hetero) is 1. The molecule has 1 aliphatic heterocycles. The predicted molar refractivity (Wildman–Crippen MR) is 98.5 cm³/mol. The first-order valence-corrected chi connectivity index (χ1v) is 9.39. The molecule has 1 atom stereocenters. The molecular weight excluding hydrogens is 444 g/mol. The van der Waals surface area contributed by atoms with Gasteiger partial charge >= 0.3 is 0 Å². The molecule has 0 unspecified atom stereocenters. The lowest BCUT2D eigenvalue weighted by atomic mass is 9.95. The number of carbonyl (C=O) groups is 1. The Balaban J connectivity index is 2.00. The molecular formula is C17H14Br2O3S. The summed E-state index contributed by atoms with van der Waals surface area (Å²) in [5.74, 6) is 0.417. The van der Waals surface area contributed by atoms with Crippen LogP contribution in [0.5, 0.6) is 5.75 Å². The summed E-state index contributed by atoms with van der Waals surface area (Å²) in [6.07, 6.45) is 0. The quantitative estimate of drug-likeness (QED) is 0.730. The highest BCUT2D eigenvalue weighted by Crippen LogP contribution is 2.44. The first-order chi connectivity index (χ1) is 10.9. The average molecular weight is 458 g/mol. The number of hydrogen-bond acceptors (Lipinski definition) is 4. The van der Waals surface area contributed by atoms with Gasteiger partial charge in [-0.25, -0.2) is 0 Å². The standard InChI is InChI=1S/C17H14Br2O3S/c1-10-2-4-12(5-3-10)23-17(8-20)9-22-15-13(16(17)21)6-11(18)7-14(15)19/h2-7,20H,8-9H2,1H3/t17-/m1/s1. The SMILES string of the molecule is Cc1ccc(S[C@]2(CO)COc3c(Br)cc(Br)cc3C2=O)cc1. The Kier molecular flexibility index (Phi) is 4.88. The summed E-state index contributed by atoms with van der Waals surface area (Å²) >= 11 is 8.16. The number of aliphatic hydroxyl groups is 1. The Morgan fingerprint density at radius 1 is 1.26 bits per heavy atom. The van der Waals surface area contributed by atoms with Gasteiger partial charge in [-0.2, -0.15) is 0 Å². The highest BCUT2D eigenvalue weighted by atomic mass is 79.9. The molecule has 2 aromatic rings. The van der Waals surface area contributed by atoms with Crippen molar-refractivity contribution in [2.75, 3.05) is 13.2 Å². The maximum atomic E-state index is 13.0. The van der Waals surface area contributed by atoms with Gasteiger partial charge in [-0.1, -0.05) is 33.6 Å². The van der Waals surface area contributed by atoms with Crippen LogP contribution in [-0.4, -0.2) is 28.9 Å². The van der Waals surface area contributed by atoms with Crippen molar-refractivity contribution in [1.82, 2.24) is 0 Å². The molecule has 2 aromatic carbocycles. The van der Waals surface area contributed by atoms with Crippen LogP contribution in [0.25, 0.3) is 0 Å². The lowest BCUT2D eigenvalue weighted by molar-refractivity contribution is 0.0796. The zero-order valence-corrected chi connectivity index (χ0v) is 16.3. The zero-order valence-electron chi connectivity index (χ0n) is 12.3. The zero-order chi connectivity index (χ0) is 16.6. The van der Waals surface area contributed by atoms with Crippen molar-refractivity contribution in [2.24, 2.45) is 0 Å². The second kappa shape index (κ2) is 6.59. The molecule has 23 heavy (non-hydrogen) atoms. The number of benzene rings is 2. The number of fused-ring (bicyclic) bond motifs is 1. The van der Waals surface area contributed by atoms with Gasteiger partial charge in [-0.15, -0.1) is 11.8 Å². The third-order valence-corrected chi connectivity index (χ3v) is 6.08. The minimum atomic E-state index is -1.03. The molecule has 3 nitrogen and oxygen atoms in total. The van der Waals surface area contributed by atoms with Crippen LogP contribution in [0.1, 0.15) is 15.9 Å². The molecule has 0 fully saturated rings. The number of thioether (sulfide) groups is 1. The maximum Gasteiger partial charge on any atom is 0.188 e. The fourth-order valence-electron chi connectivity index (χ4n) is 2.43. The van der Waals surface area contributed by atoms with E-state index in [-0.39, 0.29) is 19.0 Å². The Morgan fingerprint density at radius 2 is 1.96 bits per heavy atom. The molecule has 0 saturated heterocycles. The highest BCUT2D eigenvalue weighted by molar-refractivity contribution is 9.11. The van der Waals surface area contributed by atoms with Crippen LogP contribution in [0.15, 0.2) is 50.2 Å². The topological polar surface area (TPSA) is 46.5 Å². The normalized spacial score (nSPS) is 20.1. The molecule has 0 amide bonds. The van der Waals surface area contributed by atoms with E-state index in [2.05, 4.69) is 31.9 Å². The van der Waals surface area contributed by atoms with Crippen molar-refractivity contribution >= 4 is 49.4 Å². The summed E-state index contributed by atoms with van der Waals surface area (Å²) in [6.45, 7) is 1.86. The lowest BCUT2D eigenvalue weighted by Gasteiger charge is -2.34. The summed E-state index contributed by atoms with van der Waals surface area (Å²) < 4.78 is 6.30. The smallest absolute Gasteiger partial charge is 0.188 e. The third kappa shape index (κ3) is 3.22. The first-order valence-electron chi connectivity index (χ1n) is 6.98. The molecule has 1 N–H and O–H groups in total. The van der Waals surface area contributed by atoms with Crippen molar-refractivity contribution in [2.45, 2.75) is 16.6 Å². The van der Waals surface area contributed by atoms with Gasteiger partial charge in [-0.05, 0) is 47.1 Å². The number of halogens is 2. The molecule has 0 radical (unpaired) electrons. The van der Waals surface area contributed by atoms with Crippen LogP contribution in [0.3, 0.4) is 0 Å². The first kappa shape index (κ1) is 17.0. The molecule has 0 bridgehead atoms. The number of ketones is 1. The minimum Gasteiger partial charge on any atom is -0.490 e. The van der Waals surface area contributed by atoms with E-state index in [9.17, 15) is 9.90 Å². The summed E-state index contributed by atoms with van der Waals surface area (Å²) in [5, 5.41) is 9.95. The van der Waals surface area contributed by atoms with Crippen molar-refractivity contribution < 1.29 is 14.6 Å². The fourth-order valence-corrected chi connectivity index (χ4v) is 4.88. The fraction of sp³-hybridized carbons (Fsp3) is 0.235. The van der Waals surface area contributed by atoms with E-state index in [4.69, 9.17) is 4.74 Å². The Morgan fingerprint density at radius 3 is 2.61 bits per heavy atom. The van der Waals surface area contributed by atoms with E-state index in [1.54, 1.807) is 6.07 Å². The van der Waals surface area contributed by atoms with Crippen LogP contribution in [0.2, 0.25) is 0 Å². The number of aliphatic hydroxyl groups excluding tert-OH is 1. The van der Waals surface area contributed by atoms with Crippen molar-refractivity contribution in [3.8, 4) is 5.75 Å². The van der Waals surface area contributed by atoms with Gasteiger partial charge in [-0.3, -0.25) is 4.79 Å². The van der Waals surface area contributed by atoms with Crippen LogP contribution in [0.4, 0.5) is 0 Å². The Labute approximate surface area is 155 Å². The number of ether oxygens (including phenoxy) is 1. The summed E-state index contributed by atoms with van der Waals surface area (Å²) in [5.41, 5.74) is 1.63. The number of carbonyl (C=O) groups excluding carboxylic acids is 1. The van der Waals surface area contributed by atoms with E-state index >= 15 is 0 Å². The molecule has 0 aliphatic carbocycles. The van der Waals surface area contributed by atoms with Gasteiger partial charge in [0, 0.05) is 9.37 Å². The van der Waals surface area contributed by atoms with E-state index in [0.29, 0.717) is 11.3 Å². The van der Waals surface area contributed by atoms with Crippen LogP contribution >= 0.6 is 43.6 Å². The monoisotopic (exact) mass is 456 g/mol. The summed E-state index contributed by atoms with van der Waals surface area (Å²) in [6, 6.07) is 11.5. The predicted octanol–water partition coefficient (Wildman–Crippen LogP) is 4.62. The third-order valence-electron chi connectivity index (χ3n) is 3.71. The van der Waals surface area contributed by atoms with Crippen molar-refractivity contribution in [3.63, 3.8) is 0 Å². The van der Waals surface area contributed by atoms with E-state index in [1.807, 2.05) is 37.3 Å². The number of aryl methyl sites for hydroxylation is 1. The van der Waals surface area contributed by atoms with Gasteiger partial charge in [0.15, 0.2) is 5.78 Å². The molecule has 3 rings (SSSR count). The number of hydrogen-bond donors (Lipinski definition) is 1. The molecule has 0 spiro atoms. The molecule has 0 aromatic heterocycles. The molecule has 1 aliphatic rings. The van der Waals surface area contributed by atoms with Gasteiger partial charge < -0.3 is 9.84 Å². The molecule has 0 saturated carbocycles. The second-order valence-electron chi connectivity index (χ2n) is 5.45. The number of rotatable bonds is 3. The lowest BCUT2D eigenvalue weighted by Crippen LogP contribution is -2.47. The van der Waals surface area contributed by atoms with Gasteiger partial charge in [0.25, 0.3) is 0 Å². The summed E-state index contributed by atoms with van der Waals surface area (Å²) in [4.78, 5) is 14.0. The van der Waals surface area contributed by atoms with E-state index in [1.165, 1.54) is 11.8 Å². The molecule has 120 valence electrons. The Hall–Kier alpha value is -0.820. The van der Waals surface area contributed by atoms with E-state index < -0.39 is 4.75 Å². The van der Waals surface area contributed by atoms with Crippen molar-refractivity contribution in [3.05, 3.63) is 56.5 Å². The van der Waals surface area contributed by atoms with Crippen LogP contribution in [0, 0.1) is 6.92 Å². The summed E-state index contributed by atoms with van der Waals surface area (Å²) in [7, 11) is 0. The van der Waals surface area contributed by atoms with Crippen LogP contribution < -0.4 is 4.74 Å². The van der Waals surface area contributed by atoms with Gasteiger partial charge in [0.05, 0.1) is 16.6 Å². The van der Waals surface area contributed by atoms with Crippen LogP contribution in [-0.2, 0) is 0 Å². The maximum absolute atomic E-state index is 13.0.